The van der Waals surface area contributed by atoms with Gasteiger partial charge in [-0.25, -0.2) is 4.79 Å². The molecule has 0 aliphatic rings. The molecule has 0 unspecified atom stereocenters. The van der Waals surface area contributed by atoms with Gasteiger partial charge in [0, 0.05) is 11.1 Å². The minimum absolute atomic E-state index is 0.0280. The average Bonchev–Trinajstić information content (AvgIpc) is 2.88. The molecule has 3 rings (SSSR count). The van der Waals surface area contributed by atoms with Crippen LogP contribution in [0.4, 0.5) is 8.78 Å². The molecule has 0 aliphatic carbocycles. The predicted molar refractivity (Wildman–Crippen MR) is 136 cm³/mol. The van der Waals surface area contributed by atoms with Crippen molar-refractivity contribution >= 4 is 5.97 Å². The zero-order valence-electron chi connectivity index (χ0n) is 20.3. The maximum absolute atomic E-state index is 12.3. The second-order valence-corrected chi connectivity index (χ2v) is 8.21. The Balaban J connectivity index is 1.45. The van der Waals surface area contributed by atoms with Crippen molar-refractivity contribution < 1.29 is 27.8 Å². The number of ether oxygens (including phenoxy) is 3. The minimum Gasteiger partial charge on any atom is -0.494 e. The summed E-state index contributed by atoms with van der Waals surface area (Å²) in [6, 6.07) is 19.8. The van der Waals surface area contributed by atoms with Gasteiger partial charge in [-0.1, -0.05) is 50.9 Å². The van der Waals surface area contributed by atoms with Gasteiger partial charge in [0.05, 0.1) is 12.2 Å². The Kier molecular flexibility index (Phi) is 10.8. The highest BCUT2D eigenvalue weighted by molar-refractivity contribution is 5.91. The number of hydrogen-bond acceptors (Lipinski definition) is 4. The Labute approximate surface area is 211 Å². The zero-order valence-corrected chi connectivity index (χ0v) is 20.3. The first-order valence-electron chi connectivity index (χ1n) is 12.2. The molecule has 0 amide bonds. The van der Waals surface area contributed by atoms with E-state index in [1.54, 1.807) is 24.3 Å². The van der Waals surface area contributed by atoms with Gasteiger partial charge in [-0.05, 0) is 79.2 Å². The second-order valence-electron chi connectivity index (χ2n) is 8.21. The summed E-state index contributed by atoms with van der Waals surface area (Å²) in [6.45, 7) is 0.0289. The Hall–Kier alpha value is -3.85. The molecule has 0 spiro atoms. The molecule has 0 N–H and O–H groups in total. The minimum atomic E-state index is -2.92. The van der Waals surface area contributed by atoms with Crippen LogP contribution >= 0.6 is 0 Å². The van der Waals surface area contributed by atoms with Crippen molar-refractivity contribution in [2.45, 2.75) is 52.1 Å². The van der Waals surface area contributed by atoms with E-state index in [4.69, 9.17) is 9.47 Å². The van der Waals surface area contributed by atoms with Crippen LogP contribution in [0.2, 0.25) is 0 Å². The van der Waals surface area contributed by atoms with Crippen LogP contribution in [0, 0.1) is 11.8 Å². The molecular weight excluding hydrogens is 462 g/mol. The summed E-state index contributed by atoms with van der Waals surface area (Å²) < 4.78 is 39.9. The van der Waals surface area contributed by atoms with Crippen molar-refractivity contribution in [3.8, 4) is 29.1 Å². The lowest BCUT2D eigenvalue weighted by Gasteiger charge is -2.06. The summed E-state index contributed by atoms with van der Waals surface area (Å²) >= 11 is 0. The predicted octanol–water partition coefficient (Wildman–Crippen LogP) is 7.65. The number of carbonyl (C=O) groups is 1. The van der Waals surface area contributed by atoms with Gasteiger partial charge in [-0.15, -0.1) is 0 Å². The molecule has 6 heteroatoms. The molecule has 0 atom stereocenters. The van der Waals surface area contributed by atoms with Crippen LogP contribution in [0.15, 0.2) is 72.8 Å². The topological polar surface area (TPSA) is 44.8 Å². The van der Waals surface area contributed by atoms with Crippen LogP contribution in [-0.2, 0) is 0 Å². The Morgan fingerprint density at radius 1 is 0.722 bits per heavy atom. The first-order valence-corrected chi connectivity index (χ1v) is 12.2. The van der Waals surface area contributed by atoms with E-state index in [2.05, 4.69) is 23.5 Å². The molecule has 4 nitrogen and oxygen atoms in total. The Bertz CT molecular complexity index is 1130. The number of unbranched alkanes of at least 4 members (excludes halogenated alkanes) is 5. The van der Waals surface area contributed by atoms with Gasteiger partial charge >= 0.3 is 12.6 Å². The maximum Gasteiger partial charge on any atom is 0.387 e. The molecule has 0 aromatic heterocycles. The van der Waals surface area contributed by atoms with Gasteiger partial charge in [-0.3, -0.25) is 0 Å². The SMILES string of the molecule is CCCCCCCCOc1ccc(C#Cc2ccc(OC(=O)c3ccc(OC(F)F)cc3)cc2)cc1. The molecule has 0 bridgehead atoms. The van der Waals surface area contributed by atoms with E-state index in [0.717, 1.165) is 29.9 Å². The Morgan fingerprint density at radius 2 is 1.25 bits per heavy atom. The normalized spacial score (nSPS) is 10.4. The van der Waals surface area contributed by atoms with Crippen LogP contribution in [0.25, 0.3) is 0 Å². The number of esters is 1. The smallest absolute Gasteiger partial charge is 0.387 e. The van der Waals surface area contributed by atoms with Crippen LogP contribution in [0.5, 0.6) is 17.2 Å². The fraction of sp³-hybridized carbons (Fsp3) is 0.300. The highest BCUT2D eigenvalue weighted by atomic mass is 19.3. The molecule has 36 heavy (non-hydrogen) atoms. The van der Waals surface area contributed by atoms with Crippen molar-refractivity contribution in [1.29, 1.82) is 0 Å². The third kappa shape index (κ3) is 9.42. The zero-order chi connectivity index (χ0) is 25.6. The van der Waals surface area contributed by atoms with Crippen LogP contribution in [-0.4, -0.2) is 19.2 Å². The molecular formula is C30H30F2O4. The van der Waals surface area contributed by atoms with Crippen molar-refractivity contribution in [3.63, 3.8) is 0 Å². The van der Waals surface area contributed by atoms with Crippen LogP contribution in [0.1, 0.15) is 66.9 Å². The van der Waals surface area contributed by atoms with Gasteiger partial charge in [0.25, 0.3) is 0 Å². The number of benzene rings is 3. The van der Waals surface area contributed by atoms with E-state index >= 15 is 0 Å². The molecule has 188 valence electrons. The fourth-order valence-corrected chi connectivity index (χ4v) is 3.40. The highest BCUT2D eigenvalue weighted by Gasteiger charge is 2.10. The van der Waals surface area contributed by atoms with Crippen LogP contribution in [0.3, 0.4) is 0 Å². The summed E-state index contributed by atoms with van der Waals surface area (Å²) in [5.41, 5.74) is 1.86. The molecule has 0 heterocycles. The van der Waals surface area contributed by atoms with E-state index in [1.165, 1.54) is 56.4 Å². The molecule has 0 saturated heterocycles. The lowest BCUT2D eigenvalue weighted by Crippen LogP contribution is -2.08. The molecule has 0 radical (unpaired) electrons. The number of rotatable bonds is 12. The first kappa shape index (κ1) is 26.7. The quantitative estimate of drug-likeness (QED) is 0.113. The Morgan fingerprint density at radius 3 is 1.83 bits per heavy atom. The number of halogens is 2. The van der Waals surface area contributed by atoms with Crippen molar-refractivity contribution in [1.82, 2.24) is 0 Å². The van der Waals surface area contributed by atoms with E-state index < -0.39 is 12.6 Å². The number of hydrogen-bond donors (Lipinski definition) is 0. The first-order chi connectivity index (χ1) is 17.5. The average molecular weight is 493 g/mol. The van der Waals surface area contributed by atoms with Crippen LogP contribution < -0.4 is 14.2 Å². The summed E-state index contributed by atoms with van der Waals surface area (Å²) in [5.74, 6) is 6.76. The van der Waals surface area contributed by atoms with Crippen molar-refractivity contribution in [2.24, 2.45) is 0 Å². The highest BCUT2D eigenvalue weighted by Crippen LogP contribution is 2.18. The molecule has 0 saturated carbocycles. The van der Waals surface area contributed by atoms with Crippen molar-refractivity contribution in [3.05, 3.63) is 89.5 Å². The molecule has 3 aromatic carbocycles. The van der Waals surface area contributed by atoms with E-state index in [9.17, 15) is 13.6 Å². The van der Waals surface area contributed by atoms with E-state index in [1.807, 2.05) is 24.3 Å². The second kappa shape index (κ2) is 14.5. The standard InChI is InChI=1S/C30H30F2O4/c1-2-3-4-5-6-7-22-34-26-16-10-23(11-17-26)8-9-24-12-18-27(19-13-24)35-29(33)25-14-20-28(21-15-25)36-30(31)32/h10-21,30H,2-7,22H2,1H3. The molecule has 0 fully saturated rings. The number of carbonyl (C=O) groups excluding carboxylic acids is 1. The fourth-order valence-electron chi connectivity index (χ4n) is 3.40. The molecule has 0 aliphatic heterocycles. The lowest BCUT2D eigenvalue weighted by atomic mass is 10.1. The van der Waals surface area contributed by atoms with Gasteiger partial charge in [0.15, 0.2) is 0 Å². The van der Waals surface area contributed by atoms with Gasteiger partial charge in [0.2, 0.25) is 0 Å². The van der Waals surface area contributed by atoms with Gasteiger partial charge < -0.3 is 14.2 Å². The van der Waals surface area contributed by atoms with Gasteiger partial charge in [-0.2, -0.15) is 8.78 Å². The third-order valence-electron chi connectivity index (χ3n) is 5.35. The van der Waals surface area contributed by atoms with Gasteiger partial charge in [0.1, 0.15) is 17.2 Å². The largest absolute Gasteiger partial charge is 0.494 e. The summed E-state index contributed by atoms with van der Waals surface area (Å²) in [5, 5.41) is 0. The molecule has 3 aromatic rings. The summed E-state index contributed by atoms with van der Waals surface area (Å²) in [7, 11) is 0. The maximum atomic E-state index is 12.3. The summed E-state index contributed by atoms with van der Waals surface area (Å²) in [4.78, 5) is 12.3. The summed E-state index contributed by atoms with van der Waals surface area (Å²) in [6.07, 6.45) is 7.41. The van der Waals surface area contributed by atoms with E-state index in [-0.39, 0.29) is 11.3 Å². The third-order valence-corrected chi connectivity index (χ3v) is 5.35. The monoisotopic (exact) mass is 492 g/mol. The lowest BCUT2D eigenvalue weighted by molar-refractivity contribution is -0.0498. The van der Waals surface area contributed by atoms with E-state index in [0.29, 0.717) is 5.75 Å². The number of alkyl halides is 2. The van der Waals surface area contributed by atoms with Crippen molar-refractivity contribution in [2.75, 3.05) is 6.61 Å².